The van der Waals surface area contributed by atoms with E-state index in [2.05, 4.69) is 29.1 Å². The molecule has 2 N–H and O–H groups in total. The van der Waals surface area contributed by atoms with Crippen molar-refractivity contribution in [3.8, 4) is 0 Å². The first-order chi connectivity index (χ1) is 9.45. The van der Waals surface area contributed by atoms with E-state index in [9.17, 15) is 0 Å². The van der Waals surface area contributed by atoms with E-state index in [1.165, 1.54) is 0 Å². The van der Waals surface area contributed by atoms with Gasteiger partial charge in [-0.1, -0.05) is 23.4 Å². The second-order valence-corrected chi connectivity index (χ2v) is 6.08. The van der Waals surface area contributed by atoms with E-state index in [0.717, 1.165) is 28.1 Å². The predicted octanol–water partition coefficient (Wildman–Crippen LogP) is 2.91. The van der Waals surface area contributed by atoms with Gasteiger partial charge in [-0.2, -0.15) is 5.10 Å². The Morgan fingerprint density at radius 3 is 2.65 bits per heavy atom. The molecule has 0 saturated carbocycles. The molecule has 0 aromatic carbocycles. The lowest BCUT2D eigenvalue weighted by molar-refractivity contribution is 0.556. The van der Waals surface area contributed by atoms with Crippen molar-refractivity contribution in [3.63, 3.8) is 0 Å². The van der Waals surface area contributed by atoms with E-state index in [1.54, 1.807) is 11.8 Å². The standard InChI is InChI=1S/C12H19ClN6S/c1-5-18-9(10(13)8(4)17-18)6-20-12-16-15-11(14)19(12)7(2)3/h7H,5-6H2,1-4H3,(H2,14,15). The molecule has 2 heterocycles. The fraction of sp³-hybridized carbons (Fsp3) is 0.583. The lowest BCUT2D eigenvalue weighted by Crippen LogP contribution is -2.07. The van der Waals surface area contributed by atoms with Crippen molar-refractivity contribution in [1.29, 1.82) is 0 Å². The van der Waals surface area contributed by atoms with Crippen LogP contribution in [0.5, 0.6) is 0 Å². The highest BCUT2D eigenvalue weighted by molar-refractivity contribution is 7.98. The van der Waals surface area contributed by atoms with Crippen molar-refractivity contribution in [2.24, 2.45) is 0 Å². The van der Waals surface area contributed by atoms with Crippen molar-refractivity contribution in [2.75, 3.05) is 5.73 Å². The third-order valence-corrected chi connectivity index (χ3v) is 4.44. The first kappa shape index (κ1) is 15.2. The molecular weight excluding hydrogens is 296 g/mol. The summed E-state index contributed by atoms with van der Waals surface area (Å²) in [4.78, 5) is 0. The topological polar surface area (TPSA) is 74.6 Å². The van der Waals surface area contributed by atoms with Crippen LogP contribution in [0.4, 0.5) is 5.95 Å². The molecule has 0 aliphatic heterocycles. The number of hydrogen-bond acceptors (Lipinski definition) is 5. The van der Waals surface area contributed by atoms with Crippen molar-refractivity contribution >= 4 is 29.3 Å². The van der Waals surface area contributed by atoms with Crippen molar-refractivity contribution in [1.82, 2.24) is 24.5 Å². The van der Waals surface area contributed by atoms with Gasteiger partial charge < -0.3 is 5.73 Å². The highest BCUT2D eigenvalue weighted by Crippen LogP contribution is 2.29. The zero-order chi connectivity index (χ0) is 14.9. The Morgan fingerprint density at radius 1 is 1.35 bits per heavy atom. The van der Waals surface area contributed by atoms with E-state index in [0.29, 0.717) is 11.7 Å². The monoisotopic (exact) mass is 314 g/mol. The number of rotatable bonds is 5. The molecule has 110 valence electrons. The van der Waals surface area contributed by atoms with Crippen molar-refractivity contribution in [3.05, 3.63) is 16.4 Å². The lowest BCUT2D eigenvalue weighted by atomic mass is 10.4. The van der Waals surface area contributed by atoms with Crippen LogP contribution >= 0.6 is 23.4 Å². The van der Waals surface area contributed by atoms with Crippen LogP contribution in [0.25, 0.3) is 0 Å². The third-order valence-electron chi connectivity index (χ3n) is 3.00. The molecule has 0 amide bonds. The lowest BCUT2D eigenvalue weighted by Gasteiger charge is -2.11. The molecule has 0 saturated heterocycles. The van der Waals surface area contributed by atoms with Gasteiger partial charge in [-0.25, -0.2) is 0 Å². The van der Waals surface area contributed by atoms with Gasteiger partial charge in [-0.3, -0.25) is 9.25 Å². The Kier molecular flexibility index (Phi) is 4.59. The molecule has 2 aromatic heterocycles. The Balaban J connectivity index is 2.21. The molecule has 0 aliphatic rings. The average molecular weight is 315 g/mol. The quantitative estimate of drug-likeness (QED) is 0.859. The summed E-state index contributed by atoms with van der Waals surface area (Å²) in [5.74, 6) is 1.13. The summed E-state index contributed by atoms with van der Waals surface area (Å²) in [6.07, 6.45) is 0. The average Bonchev–Trinajstić information content (AvgIpc) is 2.89. The van der Waals surface area contributed by atoms with E-state index in [1.807, 2.05) is 23.1 Å². The van der Waals surface area contributed by atoms with Gasteiger partial charge in [0.05, 0.1) is 16.4 Å². The number of hydrogen-bond donors (Lipinski definition) is 1. The summed E-state index contributed by atoms with van der Waals surface area (Å²) in [5, 5.41) is 14.0. The largest absolute Gasteiger partial charge is 0.368 e. The second-order valence-electron chi connectivity index (χ2n) is 4.76. The van der Waals surface area contributed by atoms with E-state index >= 15 is 0 Å². The number of aromatic nitrogens is 5. The van der Waals surface area contributed by atoms with Gasteiger partial charge in [-0.15, -0.1) is 10.2 Å². The first-order valence-corrected chi connectivity index (χ1v) is 7.87. The fourth-order valence-corrected chi connectivity index (χ4v) is 3.39. The maximum atomic E-state index is 6.30. The zero-order valence-corrected chi connectivity index (χ0v) is 13.7. The molecule has 0 fully saturated rings. The third kappa shape index (κ3) is 2.78. The van der Waals surface area contributed by atoms with Crippen LogP contribution in [0.1, 0.15) is 38.2 Å². The van der Waals surface area contributed by atoms with Gasteiger partial charge in [0.2, 0.25) is 5.95 Å². The highest BCUT2D eigenvalue weighted by atomic mass is 35.5. The minimum absolute atomic E-state index is 0.223. The maximum absolute atomic E-state index is 6.30. The normalized spacial score (nSPS) is 11.5. The van der Waals surface area contributed by atoms with E-state index in [4.69, 9.17) is 17.3 Å². The smallest absolute Gasteiger partial charge is 0.222 e. The number of aryl methyl sites for hydroxylation is 2. The molecule has 0 unspecified atom stereocenters. The van der Waals surface area contributed by atoms with Gasteiger partial charge in [0.1, 0.15) is 0 Å². The SMILES string of the molecule is CCn1nc(C)c(Cl)c1CSc1nnc(N)n1C(C)C. The van der Waals surface area contributed by atoms with Gasteiger partial charge in [-0.05, 0) is 27.7 Å². The molecule has 0 spiro atoms. The Bertz CT molecular complexity index is 603. The number of thioether (sulfide) groups is 1. The molecule has 6 nitrogen and oxygen atoms in total. The summed E-state index contributed by atoms with van der Waals surface area (Å²) in [6, 6.07) is 0.223. The molecule has 0 bridgehead atoms. The molecule has 0 radical (unpaired) electrons. The van der Waals surface area contributed by atoms with Crippen LogP contribution in [-0.2, 0) is 12.3 Å². The maximum Gasteiger partial charge on any atom is 0.222 e. The first-order valence-electron chi connectivity index (χ1n) is 6.50. The zero-order valence-electron chi connectivity index (χ0n) is 12.1. The van der Waals surface area contributed by atoms with Crippen LogP contribution in [0, 0.1) is 6.92 Å². The molecule has 0 atom stereocenters. The van der Waals surface area contributed by atoms with Crippen LogP contribution in [0.3, 0.4) is 0 Å². The molecule has 0 aliphatic carbocycles. The minimum Gasteiger partial charge on any atom is -0.368 e. The van der Waals surface area contributed by atoms with Crippen LogP contribution in [0.2, 0.25) is 5.02 Å². The number of nitrogens with two attached hydrogens (primary N) is 1. The van der Waals surface area contributed by atoms with Gasteiger partial charge in [0.25, 0.3) is 0 Å². The second kappa shape index (κ2) is 6.05. The molecule has 8 heteroatoms. The summed E-state index contributed by atoms with van der Waals surface area (Å²) >= 11 is 7.87. The molecule has 2 aromatic rings. The van der Waals surface area contributed by atoms with Crippen LogP contribution in [-0.4, -0.2) is 24.5 Å². The Labute approximate surface area is 127 Å². The van der Waals surface area contributed by atoms with Crippen molar-refractivity contribution in [2.45, 2.75) is 51.2 Å². The molecular formula is C12H19ClN6S. The fourth-order valence-electron chi connectivity index (χ4n) is 2.01. The molecule has 20 heavy (non-hydrogen) atoms. The Hall–Kier alpha value is -1.21. The van der Waals surface area contributed by atoms with Gasteiger partial charge >= 0.3 is 0 Å². The summed E-state index contributed by atoms with van der Waals surface area (Å²) in [6.45, 7) is 8.86. The number of nitrogen functional groups attached to an aromatic ring is 1. The van der Waals surface area contributed by atoms with E-state index < -0.39 is 0 Å². The minimum atomic E-state index is 0.223. The number of anilines is 1. The van der Waals surface area contributed by atoms with Crippen molar-refractivity contribution < 1.29 is 0 Å². The Morgan fingerprint density at radius 2 is 2.05 bits per heavy atom. The summed E-state index contributed by atoms with van der Waals surface area (Å²) < 4.78 is 3.84. The van der Waals surface area contributed by atoms with Gasteiger partial charge in [0.15, 0.2) is 5.16 Å². The van der Waals surface area contributed by atoms with Crippen LogP contribution < -0.4 is 5.73 Å². The summed E-state index contributed by atoms with van der Waals surface area (Å²) in [5.41, 5.74) is 7.70. The molecule has 2 rings (SSSR count). The highest BCUT2D eigenvalue weighted by Gasteiger charge is 2.17. The predicted molar refractivity (Wildman–Crippen MR) is 82.0 cm³/mol. The van der Waals surface area contributed by atoms with E-state index in [-0.39, 0.29) is 6.04 Å². The van der Waals surface area contributed by atoms with Crippen LogP contribution in [0.15, 0.2) is 5.16 Å². The number of halogens is 1. The summed E-state index contributed by atoms with van der Waals surface area (Å²) in [7, 11) is 0. The van der Waals surface area contributed by atoms with Gasteiger partial charge in [0, 0.05) is 18.3 Å². The number of nitrogens with zero attached hydrogens (tertiary/aromatic N) is 5.